The molecule has 1 heterocycles. The molecule has 0 spiro atoms. The van der Waals surface area contributed by atoms with Gasteiger partial charge in [0.05, 0.1) is 23.3 Å². The Morgan fingerprint density at radius 2 is 1.86 bits per heavy atom. The molecule has 2 amide bonds. The van der Waals surface area contributed by atoms with Gasteiger partial charge in [-0.1, -0.05) is 19.1 Å². The third kappa shape index (κ3) is 4.51. The van der Waals surface area contributed by atoms with Crippen molar-refractivity contribution in [1.29, 1.82) is 0 Å². The van der Waals surface area contributed by atoms with Crippen molar-refractivity contribution in [2.24, 2.45) is 0 Å². The molecular formula is C20H23N3O5S. The van der Waals surface area contributed by atoms with Crippen LogP contribution in [0, 0.1) is 0 Å². The first-order chi connectivity index (χ1) is 13.7. The van der Waals surface area contributed by atoms with Gasteiger partial charge in [-0.2, -0.15) is 0 Å². The highest BCUT2D eigenvalue weighted by Gasteiger charge is 2.32. The summed E-state index contributed by atoms with van der Waals surface area (Å²) in [4.78, 5) is 26.5. The molecule has 29 heavy (non-hydrogen) atoms. The Balaban J connectivity index is 1.78. The normalized spacial score (nSPS) is 14.6. The van der Waals surface area contributed by atoms with Gasteiger partial charge >= 0.3 is 0 Å². The number of fused-ring (bicyclic) bond motifs is 1. The molecule has 2 aromatic rings. The summed E-state index contributed by atoms with van der Waals surface area (Å²) >= 11 is 0. The van der Waals surface area contributed by atoms with E-state index in [1.807, 2.05) is 6.92 Å². The lowest BCUT2D eigenvalue weighted by Gasteiger charge is -2.31. The number of sulfonamides is 1. The first-order valence-electron chi connectivity index (χ1n) is 9.11. The second kappa shape index (κ2) is 8.12. The predicted octanol–water partition coefficient (Wildman–Crippen LogP) is 2.23. The molecule has 1 atom stereocenters. The van der Waals surface area contributed by atoms with E-state index in [9.17, 15) is 18.0 Å². The molecule has 1 N–H and O–H groups in total. The molecule has 9 heteroatoms. The molecule has 0 saturated carbocycles. The van der Waals surface area contributed by atoms with Gasteiger partial charge in [0.15, 0.2) is 6.10 Å². The average molecular weight is 417 g/mol. The summed E-state index contributed by atoms with van der Waals surface area (Å²) in [5.41, 5.74) is 1.70. The van der Waals surface area contributed by atoms with Crippen molar-refractivity contribution in [2.75, 3.05) is 34.4 Å². The monoisotopic (exact) mass is 417 g/mol. The number of hydrogen-bond acceptors (Lipinski definition) is 5. The van der Waals surface area contributed by atoms with Gasteiger partial charge in [0, 0.05) is 7.05 Å². The zero-order chi connectivity index (χ0) is 21.2. The number of carbonyl (C=O) groups is 2. The molecule has 0 bridgehead atoms. The Hall–Kier alpha value is -3.07. The maximum absolute atomic E-state index is 13.1. The van der Waals surface area contributed by atoms with E-state index in [0.29, 0.717) is 29.2 Å². The van der Waals surface area contributed by atoms with Crippen LogP contribution in [0.2, 0.25) is 0 Å². The molecule has 0 aromatic heterocycles. The summed E-state index contributed by atoms with van der Waals surface area (Å²) < 4.78 is 30.3. The number of rotatable bonds is 6. The third-order valence-corrected chi connectivity index (χ3v) is 5.86. The zero-order valence-electron chi connectivity index (χ0n) is 16.5. The van der Waals surface area contributed by atoms with E-state index < -0.39 is 16.1 Å². The third-order valence-electron chi connectivity index (χ3n) is 4.66. The largest absolute Gasteiger partial charge is 0.481 e. The molecule has 0 radical (unpaired) electrons. The SMILES string of the molecule is CC[C@H](Oc1ccc(N(C)S(C)(=O)=O)cc1)C(=O)N1CC(=O)Nc2ccccc21. The van der Waals surface area contributed by atoms with Crippen LogP contribution in [-0.4, -0.2) is 46.2 Å². The van der Waals surface area contributed by atoms with Crippen LogP contribution >= 0.6 is 0 Å². The minimum atomic E-state index is -3.36. The van der Waals surface area contributed by atoms with Crippen LogP contribution in [0.4, 0.5) is 17.1 Å². The Kier molecular flexibility index (Phi) is 5.78. The molecule has 1 aliphatic rings. The van der Waals surface area contributed by atoms with Crippen LogP contribution in [-0.2, 0) is 19.6 Å². The minimum absolute atomic E-state index is 0.0756. The van der Waals surface area contributed by atoms with E-state index in [-0.39, 0.29) is 18.4 Å². The number of anilines is 3. The highest BCUT2D eigenvalue weighted by Crippen LogP contribution is 2.30. The molecule has 1 aliphatic heterocycles. The Morgan fingerprint density at radius 1 is 1.21 bits per heavy atom. The van der Waals surface area contributed by atoms with E-state index in [0.717, 1.165) is 10.6 Å². The molecule has 0 aliphatic carbocycles. The van der Waals surface area contributed by atoms with Gasteiger partial charge < -0.3 is 10.1 Å². The Bertz CT molecular complexity index is 1020. The number of hydrogen-bond donors (Lipinski definition) is 1. The van der Waals surface area contributed by atoms with Crippen LogP contribution in [0.1, 0.15) is 13.3 Å². The second-order valence-electron chi connectivity index (χ2n) is 6.73. The van der Waals surface area contributed by atoms with E-state index >= 15 is 0 Å². The first-order valence-corrected chi connectivity index (χ1v) is 11.0. The second-order valence-corrected chi connectivity index (χ2v) is 8.74. The van der Waals surface area contributed by atoms with Crippen molar-refractivity contribution in [3.05, 3.63) is 48.5 Å². The molecule has 0 unspecified atom stereocenters. The van der Waals surface area contributed by atoms with E-state index in [1.165, 1.54) is 11.9 Å². The molecular weight excluding hydrogens is 394 g/mol. The first kappa shape index (κ1) is 20.7. The van der Waals surface area contributed by atoms with Gasteiger partial charge in [-0.05, 0) is 42.8 Å². The van der Waals surface area contributed by atoms with Crippen LogP contribution < -0.4 is 19.3 Å². The van der Waals surface area contributed by atoms with E-state index in [1.54, 1.807) is 48.5 Å². The summed E-state index contributed by atoms with van der Waals surface area (Å²) in [7, 11) is -1.90. The zero-order valence-corrected chi connectivity index (χ0v) is 17.3. The molecule has 0 saturated heterocycles. The molecule has 154 valence electrons. The lowest BCUT2D eigenvalue weighted by atomic mass is 10.1. The summed E-state index contributed by atoms with van der Waals surface area (Å²) in [6.45, 7) is 1.75. The van der Waals surface area contributed by atoms with Crippen molar-refractivity contribution in [3.8, 4) is 5.75 Å². The number of amides is 2. The topological polar surface area (TPSA) is 96.0 Å². The van der Waals surface area contributed by atoms with Crippen molar-refractivity contribution < 1.29 is 22.7 Å². The van der Waals surface area contributed by atoms with Gasteiger partial charge in [-0.25, -0.2) is 8.42 Å². The van der Waals surface area contributed by atoms with Crippen LogP contribution in [0.25, 0.3) is 0 Å². The smallest absolute Gasteiger partial charge is 0.268 e. The maximum Gasteiger partial charge on any atom is 0.268 e. The van der Waals surface area contributed by atoms with Crippen LogP contribution in [0.3, 0.4) is 0 Å². The molecule has 2 aromatic carbocycles. The minimum Gasteiger partial charge on any atom is -0.481 e. The summed E-state index contributed by atoms with van der Waals surface area (Å²) in [5, 5.41) is 2.75. The van der Waals surface area contributed by atoms with Crippen molar-refractivity contribution >= 4 is 38.9 Å². The number of benzene rings is 2. The van der Waals surface area contributed by atoms with Crippen molar-refractivity contribution in [3.63, 3.8) is 0 Å². The average Bonchev–Trinajstić information content (AvgIpc) is 2.70. The fourth-order valence-corrected chi connectivity index (χ4v) is 3.51. The highest BCUT2D eigenvalue weighted by atomic mass is 32.2. The fourth-order valence-electron chi connectivity index (χ4n) is 3.00. The summed E-state index contributed by atoms with van der Waals surface area (Å²) in [6.07, 6.45) is 0.743. The fraction of sp³-hybridized carbons (Fsp3) is 0.300. The predicted molar refractivity (Wildman–Crippen MR) is 112 cm³/mol. The molecule has 0 fully saturated rings. The van der Waals surface area contributed by atoms with E-state index in [2.05, 4.69) is 5.32 Å². The quantitative estimate of drug-likeness (QED) is 0.778. The lowest BCUT2D eigenvalue weighted by molar-refractivity contribution is -0.127. The standard InChI is InChI=1S/C20H23N3O5S/c1-4-18(28-15-11-9-14(10-12-15)22(2)29(3,26)27)20(25)23-13-19(24)21-16-7-5-6-8-17(16)23/h5-12,18H,4,13H2,1-3H3,(H,21,24)/t18-/m0/s1. The van der Waals surface area contributed by atoms with Crippen molar-refractivity contribution in [2.45, 2.75) is 19.4 Å². The maximum atomic E-state index is 13.1. The van der Waals surface area contributed by atoms with Gasteiger partial charge in [-0.3, -0.25) is 18.8 Å². The van der Waals surface area contributed by atoms with Gasteiger partial charge in [0.1, 0.15) is 12.3 Å². The van der Waals surface area contributed by atoms with Crippen molar-refractivity contribution in [1.82, 2.24) is 0 Å². The van der Waals surface area contributed by atoms with Gasteiger partial charge in [0.2, 0.25) is 15.9 Å². The van der Waals surface area contributed by atoms with Crippen LogP contribution in [0.5, 0.6) is 5.75 Å². The van der Waals surface area contributed by atoms with Crippen LogP contribution in [0.15, 0.2) is 48.5 Å². The lowest BCUT2D eigenvalue weighted by Crippen LogP contribution is -2.48. The number of para-hydroxylation sites is 2. The summed E-state index contributed by atoms with van der Waals surface area (Å²) in [5.74, 6) is -0.141. The number of ether oxygens (including phenoxy) is 1. The molecule has 3 rings (SSSR count). The number of nitrogens with one attached hydrogen (secondary N) is 1. The summed E-state index contributed by atoms with van der Waals surface area (Å²) in [6, 6.07) is 13.5. The number of nitrogens with zero attached hydrogens (tertiary/aromatic N) is 2. The van der Waals surface area contributed by atoms with Gasteiger partial charge in [0.25, 0.3) is 5.91 Å². The Labute approximate surface area is 170 Å². The van der Waals surface area contributed by atoms with Gasteiger partial charge in [-0.15, -0.1) is 0 Å². The highest BCUT2D eigenvalue weighted by molar-refractivity contribution is 7.92. The molecule has 8 nitrogen and oxygen atoms in total. The van der Waals surface area contributed by atoms with E-state index in [4.69, 9.17) is 4.74 Å². The number of carbonyl (C=O) groups excluding carboxylic acids is 2. The Morgan fingerprint density at radius 3 is 2.48 bits per heavy atom.